The molecule has 2 atom stereocenters. The fraction of sp³-hybridized carbons (Fsp3) is 0.615. The van der Waals surface area contributed by atoms with Crippen LogP contribution in [0.1, 0.15) is 47.6 Å². The average Bonchev–Trinajstić information content (AvgIpc) is 2.63. The molecule has 17 heavy (non-hydrogen) atoms. The summed E-state index contributed by atoms with van der Waals surface area (Å²) < 4.78 is 5.36. The van der Waals surface area contributed by atoms with Gasteiger partial charge in [0.05, 0.1) is 12.1 Å². The van der Waals surface area contributed by atoms with Gasteiger partial charge in [0.25, 0.3) is 5.91 Å². The van der Waals surface area contributed by atoms with E-state index in [-0.39, 0.29) is 11.9 Å². The Morgan fingerprint density at radius 1 is 1.41 bits per heavy atom. The second-order valence-corrected chi connectivity index (χ2v) is 4.78. The minimum absolute atomic E-state index is 0.137. The first-order valence-electron chi connectivity index (χ1n) is 6.14. The van der Waals surface area contributed by atoms with Crippen molar-refractivity contribution in [3.05, 3.63) is 23.2 Å². The number of hydrogen-bond acceptors (Lipinski definition) is 3. The molecule has 1 fully saturated rings. The predicted molar refractivity (Wildman–Crippen MR) is 63.9 cm³/mol. The first-order chi connectivity index (χ1) is 8.08. The number of aryl methyl sites for hydroxylation is 2. The van der Waals surface area contributed by atoms with E-state index in [1.54, 1.807) is 6.07 Å². The van der Waals surface area contributed by atoms with Gasteiger partial charge in [0, 0.05) is 0 Å². The highest BCUT2D eigenvalue weighted by Crippen LogP contribution is 2.19. The molecule has 0 spiro atoms. The maximum atomic E-state index is 11.9. The lowest BCUT2D eigenvalue weighted by Crippen LogP contribution is -2.44. The minimum Gasteiger partial charge on any atom is -0.456 e. The molecule has 0 aliphatic heterocycles. The van der Waals surface area contributed by atoms with Gasteiger partial charge in [-0.25, -0.2) is 0 Å². The number of rotatable bonds is 2. The molecular formula is C13H19NO3. The van der Waals surface area contributed by atoms with Gasteiger partial charge >= 0.3 is 0 Å². The van der Waals surface area contributed by atoms with E-state index >= 15 is 0 Å². The number of aliphatic hydroxyl groups excluding tert-OH is 1. The second-order valence-electron chi connectivity index (χ2n) is 4.78. The molecule has 1 aliphatic carbocycles. The Morgan fingerprint density at radius 2 is 2.12 bits per heavy atom. The Hall–Kier alpha value is -1.29. The molecule has 1 saturated carbocycles. The molecule has 0 bridgehead atoms. The van der Waals surface area contributed by atoms with Crippen LogP contribution in [-0.2, 0) is 0 Å². The summed E-state index contributed by atoms with van der Waals surface area (Å²) in [7, 11) is 0. The van der Waals surface area contributed by atoms with E-state index in [4.69, 9.17) is 4.42 Å². The van der Waals surface area contributed by atoms with Crippen molar-refractivity contribution < 1.29 is 14.3 Å². The molecule has 1 aromatic rings. The van der Waals surface area contributed by atoms with Crippen LogP contribution in [0.5, 0.6) is 0 Å². The van der Waals surface area contributed by atoms with Crippen LogP contribution in [0.4, 0.5) is 0 Å². The van der Waals surface area contributed by atoms with Crippen molar-refractivity contribution in [2.45, 2.75) is 51.7 Å². The number of amides is 1. The second kappa shape index (κ2) is 4.92. The van der Waals surface area contributed by atoms with Gasteiger partial charge in [-0.3, -0.25) is 4.79 Å². The van der Waals surface area contributed by atoms with Crippen molar-refractivity contribution in [3.63, 3.8) is 0 Å². The van der Waals surface area contributed by atoms with Crippen LogP contribution in [0, 0.1) is 13.8 Å². The summed E-state index contributed by atoms with van der Waals surface area (Å²) in [6.07, 6.45) is 3.27. The molecule has 0 aromatic carbocycles. The van der Waals surface area contributed by atoms with Gasteiger partial charge < -0.3 is 14.8 Å². The van der Waals surface area contributed by atoms with Gasteiger partial charge in [0.2, 0.25) is 0 Å². The monoisotopic (exact) mass is 237 g/mol. The number of nitrogens with one attached hydrogen (secondary N) is 1. The summed E-state index contributed by atoms with van der Waals surface area (Å²) in [5, 5.41) is 12.6. The quantitative estimate of drug-likeness (QED) is 0.826. The van der Waals surface area contributed by atoms with Crippen molar-refractivity contribution in [2.75, 3.05) is 0 Å². The summed E-state index contributed by atoms with van der Waals surface area (Å²) >= 11 is 0. The van der Waals surface area contributed by atoms with Crippen molar-refractivity contribution in [3.8, 4) is 0 Å². The zero-order chi connectivity index (χ0) is 12.4. The van der Waals surface area contributed by atoms with E-state index in [9.17, 15) is 9.90 Å². The molecule has 0 saturated heterocycles. The summed E-state index contributed by atoms with van der Waals surface area (Å²) in [6, 6.07) is 1.60. The Balaban J connectivity index is 2.01. The zero-order valence-corrected chi connectivity index (χ0v) is 10.3. The van der Waals surface area contributed by atoms with Gasteiger partial charge in [0.1, 0.15) is 5.76 Å². The predicted octanol–water partition coefficient (Wildman–Crippen LogP) is 1.93. The zero-order valence-electron chi connectivity index (χ0n) is 10.3. The molecule has 1 aliphatic rings. The number of aliphatic hydroxyl groups is 1. The Bertz CT molecular complexity index is 391. The molecule has 2 N–H and O–H groups in total. The highest BCUT2D eigenvalue weighted by molar-refractivity contribution is 5.92. The fourth-order valence-corrected chi connectivity index (χ4v) is 2.20. The third kappa shape index (κ3) is 2.69. The molecule has 2 rings (SSSR count). The summed E-state index contributed by atoms with van der Waals surface area (Å²) in [6.45, 7) is 3.74. The van der Waals surface area contributed by atoms with Crippen LogP contribution >= 0.6 is 0 Å². The molecule has 1 aromatic heterocycles. The largest absolute Gasteiger partial charge is 0.456 e. The van der Waals surface area contributed by atoms with Crippen LogP contribution in [0.25, 0.3) is 0 Å². The molecule has 4 heteroatoms. The van der Waals surface area contributed by atoms with Gasteiger partial charge in [-0.2, -0.15) is 0 Å². The van der Waals surface area contributed by atoms with Crippen molar-refractivity contribution in [1.82, 2.24) is 5.32 Å². The number of furan rings is 1. The van der Waals surface area contributed by atoms with Crippen LogP contribution in [0.15, 0.2) is 10.5 Å². The van der Waals surface area contributed by atoms with Crippen molar-refractivity contribution in [1.29, 1.82) is 0 Å². The maximum Gasteiger partial charge on any atom is 0.287 e. The van der Waals surface area contributed by atoms with E-state index in [1.165, 1.54) is 0 Å². The maximum absolute atomic E-state index is 11.9. The Kier molecular flexibility index (Phi) is 3.52. The Labute approximate surface area is 101 Å². The molecule has 0 radical (unpaired) electrons. The third-order valence-corrected chi connectivity index (χ3v) is 3.44. The summed E-state index contributed by atoms with van der Waals surface area (Å²) in [4.78, 5) is 11.9. The SMILES string of the molecule is Cc1cc(C(=O)NC2CCCCC2O)oc1C. The van der Waals surface area contributed by atoms with Crippen molar-refractivity contribution >= 4 is 5.91 Å². The molecule has 4 nitrogen and oxygen atoms in total. The average molecular weight is 237 g/mol. The molecule has 94 valence electrons. The van der Waals surface area contributed by atoms with Gasteiger partial charge in [-0.05, 0) is 38.3 Å². The smallest absolute Gasteiger partial charge is 0.287 e. The van der Waals surface area contributed by atoms with E-state index in [2.05, 4.69) is 5.32 Å². The normalized spacial score (nSPS) is 24.6. The van der Waals surface area contributed by atoms with Crippen LogP contribution in [-0.4, -0.2) is 23.2 Å². The summed E-state index contributed by atoms with van der Waals surface area (Å²) in [5.41, 5.74) is 0.972. The number of carbonyl (C=O) groups excluding carboxylic acids is 1. The molecule has 2 unspecified atom stereocenters. The number of hydrogen-bond donors (Lipinski definition) is 2. The first kappa shape index (κ1) is 12.2. The standard InChI is InChI=1S/C13H19NO3/c1-8-7-12(17-9(8)2)13(16)14-10-5-3-4-6-11(10)15/h7,10-11,15H,3-6H2,1-2H3,(H,14,16). The van der Waals surface area contributed by atoms with E-state index < -0.39 is 6.10 Å². The summed E-state index contributed by atoms with van der Waals surface area (Å²) in [5.74, 6) is 0.865. The number of carbonyl (C=O) groups is 1. The van der Waals surface area contributed by atoms with E-state index in [0.29, 0.717) is 5.76 Å². The van der Waals surface area contributed by atoms with E-state index in [0.717, 1.165) is 37.0 Å². The lowest BCUT2D eigenvalue weighted by atomic mass is 9.92. The first-order valence-corrected chi connectivity index (χ1v) is 6.14. The van der Waals surface area contributed by atoms with Crippen LogP contribution in [0.3, 0.4) is 0 Å². The van der Waals surface area contributed by atoms with E-state index in [1.807, 2.05) is 13.8 Å². The highest BCUT2D eigenvalue weighted by Gasteiger charge is 2.25. The lowest BCUT2D eigenvalue weighted by molar-refractivity contribution is 0.0697. The highest BCUT2D eigenvalue weighted by atomic mass is 16.3. The third-order valence-electron chi connectivity index (χ3n) is 3.44. The molecular weight excluding hydrogens is 218 g/mol. The molecule has 1 amide bonds. The van der Waals surface area contributed by atoms with Crippen molar-refractivity contribution in [2.24, 2.45) is 0 Å². The minimum atomic E-state index is -0.426. The topological polar surface area (TPSA) is 62.5 Å². The van der Waals surface area contributed by atoms with Gasteiger partial charge in [0.15, 0.2) is 5.76 Å². The van der Waals surface area contributed by atoms with Gasteiger partial charge in [-0.15, -0.1) is 0 Å². The fourth-order valence-electron chi connectivity index (χ4n) is 2.20. The van der Waals surface area contributed by atoms with Crippen LogP contribution in [0.2, 0.25) is 0 Å². The lowest BCUT2D eigenvalue weighted by Gasteiger charge is -2.27. The van der Waals surface area contributed by atoms with Crippen LogP contribution < -0.4 is 5.32 Å². The molecule has 1 heterocycles. The van der Waals surface area contributed by atoms with Gasteiger partial charge in [-0.1, -0.05) is 12.8 Å². The Morgan fingerprint density at radius 3 is 2.71 bits per heavy atom.